The van der Waals surface area contributed by atoms with Gasteiger partial charge in [-0.05, 0) is 25.1 Å². The summed E-state index contributed by atoms with van der Waals surface area (Å²) in [7, 11) is 0. The molecule has 0 aliphatic heterocycles. The summed E-state index contributed by atoms with van der Waals surface area (Å²) in [6, 6.07) is 6.86. The van der Waals surface area contributed by atoms with Crippen molar-refractivity contribution in [3.8, 4) is 0 Å². The van der Waals surface area contributed by atoms with Gasteiger partial charge in [-0.3, -0.25) is 0 Å². The van der Waals surface area contributed by atoms with Crippen molar-refractivity contribution in [1.29, 1.82) is 0 Å². The van der Waals surface area contributed by atoms with E-state index in [0.717, 1.165) is 9.58 Å². The van der Waals surface area contributed by atoms with E-state index in [1.807, 2.05) is 6.07 Å². The van der Waals surface area contributed by atoms with Gasteiger partial charge in [0.25, 0.3) is 0 Å². The van der Waals surface area contributed by atoms with Gasteiger partial charge < -0.3 is 0 Å². The Labute approximate surface area is 68.3 Å². The van der Waals surface area contributed by atoms with Crippen molar-refractivity contribution in [1.82, 2.24) is 0 Å². The van der Waals surface area contributed by atoms with Crippen LogP contribution in [0.1, 0.15) is 4.88 Å². The van der Waals surface area contributed by atoms with Crippen LogP contribution in [0, 0.1) is 12.7 Å². The highest BCUT2D eigenvalue weighted by Gasteiger charge is 2.01. The Bertz CT molecular complexity index is 389. The Hall–Kier alpha value is -0.890. The van der Waals surface area contributed by atoms with Crippen LogP contribution in [0.25, 0.3) is 10.1 Å². The monoisotopic (exact) mass is 165 g/mol. The minimum Gasteiger partial charge on any atom is -0.206 e. The van der Waals surface area contributed by atoms with Crippen LogP contribution >= 0.6 is 11.3 Å². The molecule has 2 rings (SSSR count). The zero-order chi connectivity index (χ0) is 7.84. The van der Waals surface area contributed by atoms with Crippen molar-refractivity contribution in [2.45, 2.75) is 0 Å². The Balaban J connectivity index is 2.90. The molecule has 11 heavy (non-hydrogen) atoms. The fourth-order valence-electron chi connectivity index (χ4n) is 1.08. The predicted octanol–water partition coefficient (Wildman–Crippen LogP) is 3.22. The summed E-state index contributed by atoms with van der Waals surface area (Å²) in [6.07, 6.45) is 0. The molecule has 1 aromatic carbocycles. The van der Waals surface area contributed by atoms with E-state index in [2.05, 4.69) is 6.92 Å². The average molecular weight is 165 g/mol. The third-order valence-electron chi connectivity index (χ3n) is 1.56. The second-order valence-electron chi connectivity index (χ2n) is 2.36. The van der Waals surface area contributed by atoms with E-state index in [-0.39, 0.29) is 5.82 Å². The number of fused-ring (bicyclic) bond motifs is 1. The number of halogens is 1. The molecular weight excluding hydrogens is 159 g/mol. The molecule has 0 N–H and O–H groups in total. The molecule has 0 amide bonds. The molecule has 1 radical (unpaired) electrons. The first kappa shape index (κ1) is 6.80. The van der Waals surface area contributed by atoms with Crippen LogP contribution in [0.15, 0.2) is 24.3 Å². The van der Waals surface area contributed by atoms with Crippen molar-refractivity contribution in [2.75, 3.05) is 0 Å². The van der Waals surface area contributed by atoms with Crippen LogP contribution in [0.5, 0.6) is 0 Å². The molecule has 2 aromatic rings. The van der Waals surface area contributed by atoms with Crippen LogP contribution in [-0.2, 0) is 0 Å². The summed E-state index contributed by atoms with van der Waals surface area (Å²) >= 11 is 1.52. The van der Waals surface area contributed by atoms with Gasteiger partial charge >= 0.3 is 0 Å². The highest BCUT2D eigenvalue weighted by molar-refractivity contribution is 7.19. The molecular formula is C9H6FS. The molecule has 1 heterocycles. The van der Waals surface area contributed by atoms with Crippen LogP contribution in [-0.4, -0.2) is 0 Å². The van der Waals surface area contributed by atoms with Gasteiger partial charge in [-0.1, -0.05) is 6.07 Å². The van der Waals surface area contributed by atoms with Crippen molar-refractivity contribution >= 4 is 21.4 Å². The molecule has 0 bridgehead atoms. The summed E-state index contributed by atoms with van der Waals surface area (Å²) in [5, 5.41) is 0.683. The molecule has 0 saturated heterocycles. The van der Waals surface area contributed by atoms with Crippen molar-refractivity contribution in [3.05, 3.63) is 41.9 Å². The Morgan fingerprint density at radius 1 is 1.36 bits per heavy atom. The summed E-state index contributed by atoms with van der Waals surface area (Å²) in [4.78, 5) is 0.908. The lowest BCUT2D eigenvalue weighted by atomic mass is 10.2. The second-order valence-corrected chi connectivity index (χ2v) is 3.53. The van der Waals surface area contributed by atoms with Gasteiger partial charge in [0, 0.05) is 15.0 Å². The molecule has 0 saturated carbocycles. The summed E-state index contributed by atoms with van der Waals surface area (Å²) in [5.41, 5.74) is 0. The Kier molecular flexibility index (Phi) is 1.43. The maximum Gasteiger partial charge on any atom is 0.131 e. The van der Waals surface area contributed by atoms with Gasteiger partial charge in [-0.15, -0.1) is 11.3 Å². The van der Waals surface area contributed by atoms with E-state index in [0.29, 0.717) is 5.39 Å². The fourth-order valence-corrected chi connectivity index (χ4v) is 1.95. The second kappa shape index (κ2) is 2.31. The first-order valence-electron chi connectivity index (χ1n) is 3.27. The van der Waals surface area contributed by atoms with Gasteiger partial charge in [0.05, 0.1) is 0 Å². The van der Waals surface area contributed by atoms with E-state index < -0.39 is 0 Å². The normalized spacial score (nSPS) is 10.7. The molecule has 1 aromatic heterocycles. The van der Waals surface area contributed by atoms with Crippen molar-refractivity contribution in [2.24, 2.45) is 0 Å². The lowest BCUT2D eigenvalue weighted by molar-refractivity contribution is 0.640. The minimum atomic E-state index is -0.159. The van der Waals surface area contributed by atoms with Crippen LogP contribution in [0.2, 0.25) is 0 Å². The van der Waals surface area contributed by atoms with Crippen molar-refractivity contribution in [3.63, 3.8) is 0 Å². The van der Waals surface area contributed by atoms with Crippen LogP contribution < -0.4 is 0 Å². The SMILES string of the molecule is [CH2]c1cc2c(F)cccc2s1. The van der Waals surface area contributed by atoms with E-state index in [1.54, 1.807) is 12.1 Å². The van der Waals surface area contributed by atoms with Crippen molar-refractivity contribution < 1.29 is 4.39 Å². The molecule has 0 atom stereocenters. The Morgan fingerprint density at radius 2 is 2.18 bits per heavy atom. The summed E-state index contributed by atoms with van der Waals surface area (Å²) in [5.74, 6) is -0.159. The summed E-state index contributed by atoms with van der Waals surface area (Å²) in [6.45, 7) is 3.75. The topological polar surface area (TPSA) is 0 Å². The van der Waals surface area contributed by atoms with E-state index in [4.69, 9.17) is 0 Å². The highest BCUT2D eigenvalue weighted by Crippen LogP contribution is 2.26. The lowest BCUT2D eigenvalue weighted by Crippen LogP contribution is -1.70. The molecule has 0 unspecified atom stereocenters. The van der Waals surface area contributed by atoms with Gasteiger partial charge in [0.2, 0.25) is 0 Å². The lowest BCUT2D eigenvalue weighted by Gasteiger charge is -1.88. The van der Waals surface area contributed by atoms with E-state index in [9.17, 15) is 4.39 Å². The number of hydrogen-bond acceptors (Lipinski definition) is 1. The van der Waals surface area contributed by atoms with Gasteiger partial charge in [-0.25, -0.2) is 4.39 Å². The minimum absolute atomic E-state index is 0.159. The maximum absolute atomic E-state index is 13.0. The molecule has 0 aliphatic rings. The average Bonchev–Trinajstić information content (AvgIpc) is 2.31. The van der Waals surface area contributed by atoms with Gasteiger partial charge in [-0.2, -0.15) is 0 Å². The van der Waals surface area contributed by atoms with E-state index >= 15 is 0 Å². The number of hydrogen-bond donors (Lipinski definition) is 0. The quantitative estimate of drug-likeness (QED) is 0.562. The third kappa shape index (κ3) is 1.03. The zero-order valence-corrected chi connectivity index (χ0v) is 6.62. The smallest absolute Gasteiger partial charge is 0.131 e. The van der Waals surface area contributed by atoms with Gasteiger partial charge in [0.15, 0.2) is 0 Å². The number of rotatable bonds is 0. The third-order valence-corrected chi connectivity index (χ3v) is 2.52. The van der Waals surface area contributed by atoms with Gasteiger partial charge in [0.1, 0.15) is 5.82 Å². The van der Waals surface area contributed by atoms with E-state index in [1.165, 1.54) is 17.4 Å². The molecule has 2 heteroatoms. The molecule has 55 valence electrons. The van der Waals surface area contributed by atoms with Crippen LogP contribution in [0.3, 0.4) is 0 Å². The first-order chi connectivity index (χ1) is 5.27. The maximum atomic E-state index is 13.0. The summed E-state index contributed by atoms with van der Waals surface area (Å²) < 4.78 is 13.9. The standard InChI is InChI=1S/C9H6FS/c1-6-5-7-8(10)3-2-4-9(7)11-6/h2-5H,1H2. The first-order valence-corrected chi connectivity index (χ1v) is 4.09. The fraction of sp³-hybridized carbons (Fsp3) is 0. The largest absolute Gasteiger partial charge is 0.206 e. The highest BCUT2D eigenvalue weighted by atomic mass is 32.1. The molecule has 0 aliphatic carbocycles. The number of benzene rings is 1. The number of thiophene rings is 1. The molecule has 0 spiro atoms. The predicted molar refractivity (Wildman–Crippen MR) is 46.2 cm³/mol. The molecule has 0 nitrogen and oxygen atoms in total. The van der Waals surface area contributed by atoms with Crippen LogP contribution in [0.4, 0.5) is 4.39 Å². The Morgan fingerprint density at radius 3 is 2.91 bits per heavy atom. The zero-order valence-electron chi connectivity index (χ0n) is 5.80. The molecule has 0 fully saturated rings.